The van der Waals surface area contributed by atoms with Crippen LogP contribution < -0.4 is 4.74 Å². The van der Waals surface area contributed by atoms with Crippen LogP contribution in [-0.4, -0.2) is 19.7 Å². The summed E-state index contributed by atoms with van der Waals surface area (Å²) in [7, 11) is 0. The summed E-state index contributed by atoms with van der Waals surface area (Å²) in [4.78, 5) is 10.4. The third-order valence-electron chi connectivity index (χ3n) is 2.44. The minimum atomic E-state index is -0.542. The van der Waals surface area contributed by atoms with E-state index in [1.807, 2.05) is 0 Å². The molecule has 0 aliphatic heterocycles. The second kappa shape index (κ2) is 5.07. The SMILES string of the molecule is O=Cc1ccc(OCOCC2CC2)c(F)c1. The number of benzene rings is 1. The summed E-state index contributed by atoms with van der Waals surface area (Å²) in [6.07, 6.45) is 3.02. The molecule has 0 unspecified atom stereocenters. The second-order valence-electron chi connectivity index (χ2n) is 3.88. The number of carbonyl (C=O) groups is 1. The largest absolute Gasteiger partial charge is 0.464 e. The maximum atomic E-state index is 13.3. The minimum Gasteiger partial charge on any atom is -0.464 e. The summed E-state index contributed by atoms with van der Waals surface area (Å²) in [5, 5.41) is 0. The Bertz CT molecular complexity index is 375. The van der Waals surface area contributed by atoms with E-state index in [4.69, 9.17) is 9.47 Å². The van der Waals surface area contributed by atoms with Gasteiger partial charge in [-0.3, -0.25) is 4.79 Å². The molecule has 0 bridgehead atoms. The standard InChI is InChI=1S/C12H13FO3/c13-11-5-10(6-14)3-4-12(11)16-8-15-7-9-1-2-9/h3-6,9H,1-2,7-8H2. The summed E-state index contributed by atoms with van der Waals surface area (Å²) in [5.74, 6) is 0.229. The van der Waals surface area contributed by atoms with Gasteiger partial charge < -0.3 is 9.47 Å². The second-order valence-corrected chi connectivity index (χ2v) is 3.88. The van der Waals surface area contributed by atoms with Crippen LogP contribution in [0.5, 0.6) is 5.75 Å². The zero-order valence-electron chi connectivity index (χ0n) is 8.82. The van der Waals surface area contributed by atoms with E-state index < -0.39 is 5.82 Å². The lowest BCUT2D eigenvalue weighted by atomic mass is 10.2. The zero-order valence-corrected chi connectivity index (χ0v) is 8.82. The summed E-state index contributed by atoms with van der Waals surface area (Å²) >= 11 is 0. The predicted molar refractivity (Wildman–Crippen MR) is 56.0 cm³/mol. The Kier molecular flexibility index (Phi) is 3.51. The van der Waals surface area contributed by atoms with Gasteiger partial charge in [0, 0.05) is 5.56 Å². The van der Waals surface area contributed by atoms with Crippen molar-refractivity contribution in [3.8, 4) is 5.75 Å². The molecule has 1 aliphatic carbocycles. The van der Waals surface area contributed by atoms with Crippen LogP contribution in [-0.2, 0) is 4.74 Å². The number of ether oxygens (including phenoxy) is 2. The monoisotopic (exact) mass is 224 g/mol. The Morgan fingerprint density at radius 2 is 2.25 bits per heavy atom. The summed E-state index contributed by atoms with van der Waals surface area (Å²) in [6.45, 7) is 0.724. The van der Waals surface area contributed by atoms with Crippen LogP contribution in [0.4, 0.5) is 4.39 Å². The molecule has 86 valence electrons. The van der Waals surface area contributed by atoms with Gasteiger partial charge in [0.25, 0.3) is 0 Å². The van der Waals surface area contributed by atoms with Gasteiger partial charge in [0.15, 0.2) is 18.4 Å². The van der Waals surface area contributed by atoms with Gasteiger partial charge in [0.2, 0.25) is 0 Å². The van der Waals surface area contributed by atoms with E-state index in [9.17, 15) is 9.18 Å². The fraction of sp³-hybridized carbons (Fsp3) is 0.417. The van der Waals surface area contributed by atoms with Crippen LogP contribution in [0.25, 0.3) is 0 Å². The first kappa shape index (κ1) is 11.1. The molecule has 1 fully saturated rings. The van der Waals surface area contributed by atoms with Gasteiger partial charge in [-0.1, -0.05) is 0 Å². The van der Waals surface area contributed by atoms with Gasteiger partial charge in [0.1, 0.15) is 6.29 Å². The van der Waals surface area contributed by atoms with Crippen LogP contribution in [0.2, 0.25) is 0 Å². The zero-order chi connectivity index (χ0) is 11.4. The highest BCUT2D eigenvalue weighted by molar-refractivity contribution is 5.74. The lowest BCUT2D eigenvalue weighted by molar-refractivity contribution is 0.00792. The first-order valence-corrected chi connectivity index (χ1v) is 5.25. The van der Waals surface area contributed by atoms with Crippen LogP contribution in [0.15, 0.2) is 18.2 Å². The lowest BCUT2D eigenvalue weighted by Crippen LogP contribution is -2.06. The molecule has 4 heteroatoms. The van der Waals surface area contributed by atoms with Crippen LogP contribution >= 0.6 is 0 Å². The Hall–Kier alpha value is -1.42. The molecule has 0 spiro atoms. The molecule has 0 saturated heterocycles. The normalized spacial score (nSPS) is 14.8. The van der Waals surface area contributed by atoms with Crippen molar-refractivity contribution >= 4 is 6.29 Å². The van der Waals surface area contributed by atoms with Gasteiger partial charge in [-0.25, -0.2) is 4.39 Å². The Labute approximate surface area is 93.2 Å². The topological polar surface area (TPSA) is 35.5 Å². The van der Waals surface area contributed by atoms with E-state index in [1.165, 1.54) is 25.0 Å². The maximum absolute atomic E-state index is 13.3. The van der Waals surface area contributed by atoms with Crippen molar-refractivity contribution in [1.29, 1.82) is 0 Å². The minimum absolute atomic E-state index is 0.0495. The highest BCUT2D eigenvalue weighted by Crippen LogP contribution is 2.28. The first-order chi connectivity index (χ1) is 7.79. The van der Waals surface area contributed by atoms with Crippen LogP contribution in [0.1, 0.15) is 23.2 Å². The quantitative estimate of drug-likeness (QED) is 0.423. The predicted octanol–water partition coefficient (Wildman–Crippen LogP) is 2.40. The molecule has 1 aliphatic rings. The highest BCUT2D eigenvalue weighted by Gasteiger charge is 2.21. The fourth-order valence-electron chi connectivity index (χ4n) is 1.31. The molecule has 0 radical (unpaired) electrons. The van der Waals surface area contributed by atoms with Crippen LogP contribution in [0.3, 0.4) is 0 Å². The molecule has 0 aromatic heterocycles. The third-order valence-corrected chi connectivity index (χ3v) is 2.44. The molecule has 2 rings (SSSR count). The Morgan fingerprint density at radius 3 is 2.88 bits per heavy atom. The van der Waals surface area contributed by atoms with E-state index in [2.05, 4.69) is 0 Å². The third kappa shape index (κ3) is 3.03. The highest BCUT2D eigenvalue weighted by atomic mass is 19.1. The molecule has 0 N–H and O–H groups in total. The summed E-state index contributed by atoms with van der Waals surface area (Å²) in [5.41, 5.74) is 0.295. The van der Waals surface area contributed by atoms with Crippen molar-refractivity contribution in [2.75, 3.05) is 13.4 Å². The Morgan fingerprint density at radius 1 is 1.44 bits per heavy atom. The molecule has 16 heavy (non-hydrogen) atoms. The van der Waals surface area contributed by atoms with Crippen molar-refractivity contribution in [1.82, 2.24) is 0 Å². The number of rotatable bonds is 6. The fourth-order valence-corrected chi connectivity index (χ4v) is 1.31. The molecule has 1 aromatic rings. The van der Waals surface area contributed by atoms with Gasteiger partial charge >= 0.3 is 0 Å². The smallest absolute Gasteiger partial charge is 0.189 e. The van der Waals surface area contributed by atoms with Crippen molar-refractivity contribution < 1.29 is 18.7 Å². The molecule has 0 heterocycles. The van der Waals surface area contributed by atoms with Crippen molar-refractivity contribution in [3.63, 3.8) is 0 Å². The molecule has 3 nitrogen and oxygen atoms in total. The van der Waals surface area contributed by atoms with Crippen molar-refractivity contribution in [3.05, 3.63) is 29.6 Å². The lowest BCUT2D eigenvalue weighted by Gasteiger charge is -2.07. The average molecular weight is 224 g/mol. The first-order valence-electron chi connectivity index (χ1n) is 5.25. The maximum Gasteiger partial charge on any atom is 0.189 e. The number of carbonyl (C=O) groups excluding carboxylic acids is 1. The summed E-state index contributed by atoms with van der Waals surface area (Å²) in [6, 6.07) is 4.08. The van der Waals surface area contributed by atoms with E-state index in [0.717, 1.165) is 6.07 Å². The van der Waals surface area contributed by atoms with Crippen LogP contribution in [0, 0.1) is 11.7 Å². The number of hydrogen-bond acceptors (Lipinski definition) is 3. The van der Waals surface area contributed by atoms with E-state index in [1.54, 1.807) is 0 Å². The number of hydrogen-bond donors (Lipinski definition) is 0. The van der Waals surface area contributed by atoms with E-state index in [-0.39, 0.29) is 12.5 Å². The van der Waals surface area contributed by atoms with Gasteiger partial charge in [-0.2, -0.15) is 0 Å². The number of halogens is 1. The Balaban J connectivity index is 1.80. The molecule has 0 amide bonds. The molecule has 0 atom stereocenters. The van der Waals surface area contributed by atoms with Gasteiger partial charge in [0.05, 0.1) is 6.61 Å². The van der Waals surface area contributed by atoms with Crippen molar-refractivity contribution in [2.24, 2.45) is 5.92 Å². The molecular formula is C12H13FO3. The van der Waals surface area contributed by atoms with Gasteiger partial charge in [-0.05, 0) is 37.0 Å². The van der Waals surface area contributed by atoms with E-state index >= 15 is 0 Å². The molecular weight excluding hydrogens is 211 g/mol. The average Bonchev–Trinajstić information content (AvgIpc) is 3.10. The number of aldehydes is 1. The van der Waals surface area contributed by atoms with Gasteiger partial charge in [-0.15, -0.1) is 0 Å². The molecule has 1 saturated carbocycles. The van der Waals surface area contributed by atoms with Crippen molar-refractivity contribution in [2.45, 2.75) is 12.8 Å². The summed E-state index contributed by atoms with van der Waals surface area (Å²) < 4.78 is 23.6. The van der Waals surface area contributed by atoms with E-state index in [0.29, 0.717) is 24.4 Å². The molecule has 1 aromatic carbocycles.